The Morgan fingerprint density at radius 2 is 0.640 bits per heavy atom. The number of ether oxygens (including phenoxy) is 16. The predicted octanol–water partition coefficient (Wildman–Crippen LogP) is 4.24. The highest BCUT2D eigenvalue weighted by Crippen LogP contribution is 2.39. The van der Waals surface area contributed by atoms with Gasteiger partial charge >= 0.3 is 0 Å². The van der Waals surface area contributed by atoms with Crippen LogP contribution in [0.5, 0.6) is 5.75 Å². The van der Waals surface area contributed by atoms with Crippen LogP contribution in [0.15, 0.2) is 62.5 Å². The second-order valence-electron chi connectivity index (χ2n) is 18.7. The summed E-state index contributed by atoms with van der Waals surface area (Å²) >= 11 is 0. The van der Waals surface area contributed by atoms with Crippen LogP contribution in [-0.2, 0) is 106 Å². The van der Waals surface area contributed by atoms with Crippen molar-refractivity contribution in [2.45, 2.75) is 42.4 Å². The van der Waals surface area contributed by atoms with E-state index in [-0.39, 0.29) is 56.1 Å². The smallest absolute Gasteiger partial charge is 0.294 e. The number of nitrogens with zero attached hydrogens (tertiary/aromatic N) is 3. The van der Waals surface area contributed by atoms with E-state index in [0.29, 0.717) is 215 Å². The molecule has 0 aliphatic rings. The number of aliphatic hydroxyl groups excluding tert-OH is 2. The number of hydrogen-bond donors (Lipinski definition) is 5. The molecule has 32 heteroatoms. The number of aromatic hydroxyl groups is 1. The van der Waals surface area contributed by atoms with E-state index in [9.17, 15) is 31.0 Å². The Bertz CT molecular complexity index is 2420. The second-order valence-corrected chi connectivity index (χ2v) is 21.5. The zero-order valence-corrected chi connectivity index (χ0v) is 52.8. The van der Waals surface area contributed by atoms with Gasteiger partial charge in [0.2, 0.25) is 0 Å². The first-order chi connectivity index (χ1) is 43.3. The molecule has 0 unspecified atom stereocenters. The van der Waals surface area contributed by atoms with Gasteiger partial charge in [-0.05, 0) is 80.0 Å². The number of azo groups is 1. The summed E-state index contributed by atoms with van der Waals surface area (Å²) < 4.78 is 156. The lowest BCUT2D eigenvalue weighted by atomic mass is 10.1. The average molecular weight is 1320 g/mol. The van der Waals surface area contributed by atoms with Crippen LogP contribution in [0.2, 0.25) is 0 Å². The molecule has 89 heavy (non-hydrogen) atoms. The van der Waals surface area contributed by atoms with Gasteiger partial charge in [0, 0.05) is 32.5 Å². The lowest BCUT2D eigenvalue weighted by molar-refractivity contribution is -0.115. The highest BCUT2D eigenvalue weighted by atomic mass is 32.2. The number of hydrogen-bond acceptors (Lipinski definition) is 28. The highest BCUT2D eigenvalue weighted by Gasteiger charge is 2.20. The Hall–Kier alpha value is -3.86. The minimum Gasteiger partial charge on any atom is -0.507 e. The Morgan fingerprint density at radius 1 is 0.360 bits per heavy atom. The maximum absolute atomic E-state index is 12.2. The van der Waals surface area contributed by atoms with Crippen molar-refractivity contribution in [3.63, 3.8) is 0 Å². The van der Waals surface area contributed by atoms with Gasteiger partial charge in [0.1, 0.15) is 19.0 Å². The molecule has 0 atom stereocenters. The molecule has 0 bridgehead atoms. The fourth-order valence-corrected chi connectivity index (χ4v) is 8.38. The predicted molar refractivity (Wildman–Crippen MR) is 321 cm³/mol. The van der Waals surface area contributed by atoms with E-state index in [4.69, 9.17) is 95.7 Å². The maximum atomic E-state index is 12.2. The number of benzene rings is 3. The van der Waals surface area contributed by atoms with Crippen molar-refractivity contribution in [1.82, 2.24) is 0 Å². The number of rotatable bonds is 63. The Balaban J connectivity index is 1.32. The van der Waals surface area contributed by atoms with E-state index in [1.54, 1.807) is 25.1 Å². The fourth-order valence-electron chi connectivity index (χ4n) is 7.30. The van der Waals surface area contributed by atoms with Crippen LogP contribution in [-0.4, -0.2) is 279 Å². The van der Waals surface area contributed by atoms with Gasteiger partial charge in [-0.3, -0.25) is 9.11 Å². The summed E-state index contributed by atoms with van der Waals surface area (Å²) in [5.41, 5.74) is 1.07. The lowest BCUT2D eigenvalue weighted by Gasteiger charge is -2.23. The fraction of sp³-hybridized carbons (Fsp3) is 0.719. The third-order valence-corrected chi connectivity index (χ3v) is 13.3. The zero-order chi connectivity index (χ0) is 64.1. The molecule has 3 aromatic carbocycles. The minimum atomic E-state index is -4.84. The molecule has 0 aliphatic heterocycles. The monoisotopic (exact) mass is 1320 g/mol. The first kappa shape index (κ1) is 79.4. The summed E-state index contributed by atoms with van der Waals surface area (Å²) in [6.45, 7) is 15.6. The first-order valence-electron chi connectivity index (χ1n) is 29.6. The quantitative estimate of drug-likeness (QED) is 0.0228. The summed E-state index contributed by atoms with van der Waals surface area (Å²) in [5.74, 6) is -0.646. The normalized spacial score (nSPS) is 12.2. The van der Waals surface area contributed by atoms with Gasteiger partial charge in [-0.1, -0.05) is 0 Å². The van der Waals surface area contributed by atoms with Gasteiger partial charge in [-0.15, -0.1) is 10.3 Å². The second kappa shape index (κ2) is 52.6. The van der Waals surface area contributed by atoms with E-state index in [2.05, 4.69) is 10.2 Å². The number of unbranched alkanes of at least 4 members (excludes halogenated alkanes) is 2. The molecule has 0 aromatic heterocycles. The third-order valence-electron chi connectivity index (χ3n) is 11.7. The molecule has 0 radical (unpaired) electrons. The van der Waals surface area contributed by atoms with Crippen molar-refractivity contribution in [2.24, 2.45) is 10.2 Å². The van der Waals surface area contributed by atoms with Gasteiger partial charge in [0.05, 0.1) is 230 Å². The largest absolute Gasteiger partial charge is 0.507 e. The van der Waals surface area contributed by atoms with Crippen LogP contribution < -0.4 is 5.23 Å². The van der Waals surface area contributed by atoms with Crippen LogP contribution in [0.25, 0.3) is 10.8 Å². The molecule has 5 N–H and O–H groups in total. The van der Waals surface area contributed by atoms with E-state index in [1.165, 1.54) is 5.23 Å². The molecule has 0 spiro atoms. The van der Waals surface area contributed by atoms with E-state index in [1.807, 2.05) is 0 Å². The molecule has 3 aromatic rings. The van der Waals surface area contributed by atoms with Crippen LogP contribution in [0.1, 0.15) is 31.2 Å². The molecule has 0 saturated heterocycles. The number of aryl methyl sites for hydroxylation is 1. The molecule has 30 nitrogen and oxygen atoms in total. The van der Waals surface area contributed by atoms with Crippen molar-refractivity contribution in [1.29, 1.82) is 0 Å². The number of phenolic OH excluding ortho intramolecular Hbond substituents is 1. The van der Waals surface area contributed by atoms with Crippen LogP contribution in [0.3, 0.4) is 0 Å². The van der Waals surface area contributed by atoms with Crippen molar-refractivity contribution in [3.05, 3.63) is 48.0 Å². The first-order valence-corrected chi connectivity index (χ1v) is 32.5. The molecule has 512 valence electrons. The standard InChI is InChI=1S/C57H95N3O27S2/c1-49-44-51(6-7-54(49)58-59-55-47-52(88(64,65)66)45-50-46-53(89(67,68)69)48-56(63)57(50)55)60(86-42-40-84-38-36-82-34-30-78-24-18-72-12-4-2-10-70-16-22-76-28-32-80-26-20-74-14-8-61)87-43-41-85-39-37-83-35-31-79-25-19-73-13-5-3-11-71-17-23-77-29-33-81-27-21-75-15-9-62/h6-7,44-48,61-63H,2-5,8-43H2,1H3,(H,64,65,66)(H,67,68,69). The summed E-state index contributed by atoms with van der Waals surface area (Å²) in [6, 6.07) is 8.45. The average Bonchev–Trinajstić information content (AvgIpc) is 0.995. The number of phenols is 1. The van der Waals surface area contributed by atoms with Crippen molar-refractivity contribution < 1.29 is 127 Å². The van der Waals surface area contributed by atoms with Crippen LogP contribution in [0.4, 0.5) is 17.1 Å². The molecule has 0 heterocycles. The van der Waals surface area contributed by atoms with Crippen LogP contribution in [0, 0.1) is 6.92 Å². The van der Waals surface area contributed by atoms with Gasteiger partial charge in [-0.25, -0.2) is 9.68 Å². The van der Waals surface area contributed by atoms with E-state index < -0.39 is 35.8 Å². The number of fused-ring (bicyclic) bond motifs is 1. The summed E-state index contributed by atoms with van der Waals surface area (Å²) in [4.78, 5) is 10.5. The maximum Gasteiger partial charge on any atom is 0.294 e. The number of aliphatic hydroxyl groups is 2. The van der Waals surface area contributed by atoms with Crippen molar-refractivity contribution in [3.8, 4) is 5.75 Å². The molecule has 3 rings (SSSR count). The topological polar surface area (TPSA) is 364 Å². The summed E-state index contributed by atoms with van der Waals surface area (Å²) in [6.07, 6.45) is 3.47. The summed E-state index contributed by atoms with van der Waals surface area (Å²) in [7, 11) is -9.64. The zero-order valence-electron chi connectivity index (χ0n) is 51.2. The molecule has 0 aliphatic carbocycles. The van der Waals surface area contributed by atoms with E-state index >= 15 is 0 Å². The Labute approximate surface area is 522 Å². The Morgan fingerprint density at radius 3 is 0.944 bits per heavy atom. The number of anilines is 1. The molecular formula is C57H95N3O27S2. The molecular weight excluding hydrogens is 1220 g/mol. The molecule has 0 fully saturated rings. The Kier molecular flexibility index (Phi) is 46.9. The van der Waals surface area contributed by atoms with Crippen molar-refractivity contribution in [2.75, 3.05) is 243 Å². The van der Waals surface area contributed by atoms with Crippen molar-refractivity contribution >= 4 is 48.1 Å². The molecule has 0 amide bonds. The highest BCUT2D eigenvalue weighted by molar-refractivity contribution is 7.86. The van der Waals surface area contributed by atoms with Gasteiger partial charge in [0.25, 0.3) is 20.2 Å². The third kappa shape index (κ3) is 40.7. The van der Waals surface area contributed by atoms with E-state index in [0.717, 1.165) is 49.9 Å². The minimum absolute atomic E-state index is 0.00113. The lowest BCUT2D eigenvalue weighted by Crippen LogP contribution is -2.28. The SMILES string of the molecule is Cc1cc(N(OCCOCCOCCOCCOCCCCOCCOCCOCCOCCO)OCCOCCOCCOCCOCCCCOCCOCCOCCOCCO)ccc1N=Nc1cc(S(=O)(=O)O)cc2cc(S(=O)(=O)O)cc(O)c12. The van der Waals surface area contributed by atoms with Gasteiger partial charge in [-0.2, -0.15) is 21.9 Å². The van der Waals surface area contributed by atoms with Gasteiger partial charge < -0.3 is 91.1 Å². The van der Waals surface area contributed by atoms with Crippen LogP contribution >= 0.6 is 0 Å². The summed E-state index contributed by atoms with van der Waals surface area (Å²) in [5, 5.41) is 37.4. The van der Waals surface area contributed by atoms with Gasteiger partial charge in [0.15, 0.2) is 0 Å². The molecule has 0 saturated carbocycles.